The topological polar surface area (TPSA) is 65.5 Å². The number of likely N-dealkylation sites (tertiary alicyclic amines) is 1. The molecule has 1 aromatic heterocycles. The Morgan fingerprint density at radius 3 is 3.04 bits per heavy atom. The van der Waals surface area contributed by atoms with Crippen LogP contribution in [-0.4, -0.2) is 54.4 Å². The van der Waals surface area contributed by atoms with E-state index in [1.165, 1.54) is 24.2 Å². The molecule has 2 aliphatic rings. The number of amides is 2. The molecule has 2 fully saturated rings. The maximum atomic E-state index is 12.1. The summed E-state index contributed by atoms with van der Waals surface area (Å²) in [5.74, 6) is 0.900. The largest absolute Gasteiger partial charge is 0.354 e. The molecule has 3 heterocycles. The van der Waals surface area contributed by atoms with Gasteiger partial charge in [-0.25, -0.2) is 4.98 Å². The van der Waals surface area contributed by atoms with Crippen molar-refractivity contribution in [2.75, 3.05) is 37.6 Å². The van der Waals surface area contributed by atoms with Gasteiger partial charge in [-0.3, -0.25) is 14.5 Å². The predicted octanol–water partition coefficient (Wildman–Crippen LogP) is 1.66. The number of rotatable bonds is 6. The highest BCUT2D eigenvalue weighted by atomic mass is 32.1. The third-order valence-electron chi connectivity index (χ3n) is 4.68. The summed E-state index contributed by atoms with van der Waals surface area (Å²) in [6.45, 7) is 6.91. The molecule has 1 unspecified atom stereocenters. The second kappa shape index (κ2) is 8.07. The van der Waals surface area contributed by atoms with Gasteiger partial charge in [0.2, 0.25) is 11.8 Å². The zero-order valence-electron chi connectivity index (χ0n) is 14.3. The van der Waals surface area contributed by atoms with E-state index in [9.17, 15) is 9.59 Å². The molecule has 0 saturated carbocycles. The first kappa shape index (κ1) is 17.4. The van der Waals surface area contributed by atoms with Gasteiger partial charge >= 0.3 is 0 Å². The highest BCUT2D eigenvalue weighted by molar-refractivity contribution is 7.14. The van der Waals surface area contributed by atoms with Crippen molar-refractivity contribution in [2.24, 2.45) is 5.92 Å². The molecule has 2 saturated heterocycles. The van der Waals surface area contributed by atoms with E-state index < -0.39 is 0 Å². The molecule has 0 bridgehead atoms. The average molecular weight is 350 g/mol. The lowest BCUT2D eigenvalue weighted by Gasteiger charge is -2.30. The number of carbonyl (C=O) groups excluding carboxylic acids is 2. The molecule has 6 nitrogen and oxygen atoms in total. The van der Waals surface area contributed by atoms with Gasteiger partial charge < -0.3 is 10.2 Å². The molecule has 1 aromatic rings. The van der Waals surface area contributed by atoms with Gasteiger partial charge in [0.25, 0.3) is 0 Å². The first-order valence-electron chi connectivity index (χ1n) is 8.85. The lowest BCUT2D eigenvalue weighted by molar-refractivity contribution is -0.120. The van der Waals surface area contributed by atoms with Gasteiger partial charge in [0, 0.05) is 38.0 Å². The van der Waals surface area contributed by atoms with Crippen LogP contribution in [0.2, 0.25) is 0 Å². The summed E-state index contributed by atoms with van der Waals surface area (Å²) in [5.41, 5.74) is 0.749. The van der Waals surface area contributed by atoms with Crippen LogP contribution in [0, 0.1) is 5.92 Å². The second-order valence-electron chi connectivity index (χ2n) is 6.85. The van der Waals surface area contributed by atoms with E-state index in [1.54, 1.807) is 4.90 Å². The molecule has 7 heteroatoms. The van der Waals surface area contributed by atoms with Crippen LogP contribution in [0.15, 0.2) is 5.38 Å². The van der Waals surface area contributed by atoms with Crippen molar-refractivity contribution in [3.05, 3.63) is 11.1 Å². The quantitative estimate of drug-likeness (QED) is 0.847. The van der Waals surface area contributed by atoms with Crippen LogP contribution in [0.1, 0.15) is 38.3 Å². The second-order valence-corrected chi connectivity index (χ2v) is 7.68. The number of anilines is 1. The number of hydrogen-bond donors (Lipinski definition) is 1. The highest BCUT2D eigenvalue weighted by Gasteiger charge is 2.24. The summed E-state index contributed by atoms with van der Waals surface area (Å²) in [4.78, 5) is 32.4. The van der Waals surface area contributed by atoms with E-state index in [-0.39, 0.29) is 18.2 Å². The Bertz CT molecular complexity index is 589. The van der Waals surface area contributed by atoms with Gasteiger partial charge in [-0.2, -0.15) is 0 Å². The number of aromatic nitrogens is 1. The Labute approximate surface area is 147 Å². The van der Waals surface area contributed by atoms with E-state index in [0.29, 0.717) is 13.0 Å². The average Bonchev–Trinajstić information content (AvgIpc) is 3.16. The van der Waals surface area contributed by atoms with Crippen LogP contribution in [0.5, 0.6) is 0 Å². The van der Waals surface area contributed by atoms with Gasteiger partial charge in [-0.1, -0.05) is 6.92 Å². The molecular formula is C17H26N4O2S. The zero-order chi connectivity index (χ0) is 16.9. The van der Waals surface area contributed by atoms with Crippen LogP contribution in [0.4, 0.5) is 5.13 Å². The van der Waals surface area contributed by atoms with Crippen LogP contribution in [0.3, 0.4) is 0 Å². The molecule has 0 aliphatic carbocycles. The van der Waals surface area contributed by atoms with Gasteiger partial charge in [-0.05, 0) is 31.7 Å². The van der Waals surface area contributed by atoms with Crippen molar-refractivity contribution in [3.8, 4) is 0 Å². The van der Waals surface area contributed by atoms with E-state index in [1.807, 2.05) is 5.38 Å². The minimum atomic E-state index is 0.00431. The number of nitrogens with zero attached hydrogens (tertiary/aromatic N) is 3. The minimum Gasteiger partial charge on any atom is -0.354 e. The summed E-state index contributed by atoms with van der Waals surface area (Å²) in [6, 6.07) is 0. The summed E-state index contributed by atoms with van der Waals surface area (Å²) in [5, 5.41) is 5.59. The van der Waals surface area contributed by atoms with Crippen molar-refractivity contribution in [2.45, 2.75) is 39.0 Å². The lowest BCUT2D eigenvalue weighted by atomic mass is 10.0. The number of carbonyl (C=O) groups is 2. The molecule has 0 radical (unpaired) electrons. The fourth-order valence-electron chi connectivity index (χ4n) is 3.42. The number of nitrogens with one attached hydrogen (secondary N) is 1. The van der Waals surface area contributed by atoms with Gasteiger partial charge in [0.05, 0.1) is 12.1 Å². The van der Waals surface area contributed by atoms with Gasteiger partial charge in [0.15, 0.2) is 5.13 Å². The predicted molar refractivity (Wildman–Crippen MR) is 95.3 cm³/mol. The fraction of sp³-hybridized carbons (Fsp3) is 0.706. The van der Waals surface area contributed by atoms with Crippen molar-refractivity contribution in [1.29, 1.82) is 0 Å². The Morgan fingerprint density at radius 1 is 1.42 bits per heavy atom. The van der Waals surface area contributed by atoms with Crippen LogP contribution < -0.4 is 10.2 Å². The number of piperidine rings is 1. The monoisotopic (exact) mass is 350 g/mol. The van der Waals surface area contributed by atoms with Gasteiger partial charge in [-0.15, -0.1) is 11.3 Å². The molecule has 3 rings (SSSR count). The van der Waals surface area contributed by atoms with Crippen LogP contribution in [0.25, 0.3) is 0 Å². The Morgan fingerprint density at radius 2 is 2.29 bits per heavy atom. The zero-order valence-corrected chi connectivity index (χ0v) is 15.1. The minimum absolute atomic E-state index is 0.00431. The van der Waals surface area contributed by atoms with E-state index in [0.717, 1.165) is 49.3 Å². The summed E-state index contributed by atoms with van der Waals surface area (Å²) in [7, 11) is 0. The lowest BCUT2D eigenvalue weighted by Crippen LogP contribution is -2.40. The fourth-order valence-corrected chi connectivity index (χ4v) is 4.29. The molecule has 132 valence electrons. The first-order chi connectivity index (χ1) is 11.6. The number of hydrogen-bond acceptors (Lipinski definition) is 5. The molecule has 24 heavy (non-hydrogen) atoms. The third-order valence-corrected chi connectivity index (χ3v) is 5.59. The molecule has 1 N–H and O–H groups in total. The molecular weight excluding hydrogens is 324 g/mol. The van der Waals surface area contributed by atoms with E-state index in [4.69, 9.17) is 0 Å². The molecule has 0 aromatic carbocycles. The van der Waals surface area contributed by atoms with Crippen molar-refractivity contribution in [3.63, 3.8) is 0 Å². The Hall–Kier alpha value is -1.47. The van der Waals surface area contributed by atoms with Crippen molar-refractivity contribution in [1.82, 2.24) is 15.2 Å². The van der Waals surface area contributed by atoms with E-state index in [2.05, 4.69) is 22.1 Å². The summed E-state index contributed by atoms with van der Waals surface area (Å²) < 4.78 is 0. The maximum Gasteiger partial charge on any atom is 0.228 e. The maximum absolute atomic E-state index is 12.1. The van der Waals surface area contributed by atoms with Crippen molar-refractivity contribution < 1.29 is 9.59 Å². The standard InChI is InChI=1S/C17H26N4O2S/c1-13-4-2-7-20(11-13)9-6-18-15(22)10-14-12-24-17(19-14)21-8-3-5-16(21)23/h12-13H,2-11H2,1H3,(H,18,22). The first-order valence-corrected chi connectivity index (χ1v) is 9.73. The molecule has 1 atom stereocenters. The Kier molecular flexibility index (Phi) is 5.84. The highest BCUT2D eigenvalue weighted by Crippen LogP contribution is 2.25. The van der Waals surface area contributed by atoms with E-state index >= 15 is 0 Å². The van der Waals surface area contributed by atoms with Crippen molar-refractivity contribution >= 4 is 28.3 Å². The Balaban J connectivity index is 1.40. The summed E-state index contributed by atoms with van der Waals surface area (Å²) in [6.07, 6.45) is 4.35. The molecule has 2 aliphatic heterocycles. The smallest absolute Gasteiger partial charge is 0.228 e. The normalized spacial score (nSPS) is 22.1. The van der Waals surface area contributed by atoms with Crippen LogP contribution >= 0.6 is 11.3 Å². The molecule has 0 spiro atoms. The SMILES string of the molecule is CC1CCCN(CCNC(=O)Cc2csc(N3CCCC3=O)n2)C1. The summed E-state index contributed by atoms with van der Waals surface area (Å²) >= 11 is 1.45. The van der Waals surface area contributed by atoms with Gasteiger partial charge in [0.1, 0.15) is 0 Å². The third kappa shape index (κ3) is 4.54. The van der Waals surface area contributed by atoms with Crippen LogP contribution in [-0.2, 0) is 16.0 Å². The molecule has 2 amide bonds. The number of thiazole rings is 1.